The van der Waals surface area contributed by atoms with Crippen LogP contribution in [-0.2, 0) is 0 Å². The zero-order valence-corrected chi connectivity index (χ0v) is 22.7. The van der Waals surface area contributed by atoms with Crippen molar-refractivity contribution in [1.82, 2.24) is 19.9 Å². The quantitative estimate of drug-likeness (QED) is 0.227. The van der Waals surface area contributed by atoms with Crippen LogP contribution < -0.4 is 5.32 Å². The minimum Gasteiger partial charge on any atom is -0.430 e. The number of rotatable bonds is 8. The highest BCUT2D eigenvalue weighted by Gasteiger charge is 2.24. The van der Waals surface area contributed by atoms with Crippen molar-refractivity contribution in [3.05, 3.63) is 96.1 Å². The van der Waals surface area contributed by atoms with E-state index in [0.717, 1.165) is 24.2 Å². The summed E-state index contributed by atoms with van der Waals surface area (Å²) in [5.74, 6) is 2.37. The van der Waals surface area contributed by atoms with Gasteiger partial charge in [-0.05, 0) is 55.1 Å². The number of aromatic nitrogens is 3. The predicted molar refractivity (Wildman–Crippen MR) is 158 cm³/mol. The van der Waals surface area contributed by atoms with Crippen molar-refractivity contribution in [2.24, 2.45) is 0 Å². The summed E-state index contributed by atoms with van der Waals surface area (Å²) in [4.78, 5) is 17.1. The lowest BCUT2D eigenvalue weighted by atomic mass is 9.97. The molecule has 6 rings (SSSR count). The van der Waals surface area contributed by atoms with Crippen molar-refractivity contribution in [3.63, 3.8) is 0 Å². The first-order chi connectivity index (χ1) is 19.2. The summed E-state index contributed by atoms with van der Waals surface area (Å²) in [7, 11) is 0. The number of benzene rings is 3. The minimum absolute atomic E-state index is 0.230. The third-order valence-corrected chi connectivity index (χ3v) is 7.59. The van der Waals surface area contributed by atoms with Gasteiger partial charge in [-0.1, -0.05) is 93.1 Å². The smallest absolute Gasteiger partial charge is 0.229 e. The van der Waals surface area contributed by atoms with Gasteiger partial charge in [0.05, 0.1) is 6.04 Å². The van der Waals surface area contributed by atoms with Gasteiger partial charge in [0, 0.05) is 17.7 Å². The summed E-state index contributed by atoms with van der Waals surface area (Å²) in [6.45, 7) is 7.40. The van der Waals surface area contributed by atoms with Crippen LogP contribution in [0.4, 0.5) is 5.82 Å². The number of oxazole rings is 1. The molecule has 3 heterocycles. The van der Waals surface area contributed by atoms with Crippen molar-refractivity contribution in [1.29, 1.82) is 0 Å². The van der Waals surface area contributed by atoms with E-state index in [1.165, 1.54) is 30.4 Å². The fourth-order valence-corrected chi connectivity index (χ4v) is 5.35. The number of hydrogen-bond acceptors (Lipinski definition) is 6. The van der Waals surface area contributed by atoms with Crippen LogP contribution in [0.1, 0.15) is 56.2 Å². The van der Waals surface area contributed by atoms with Gasteiger partial charge in [-0.3, -0.25) is 4.90 Å². The number of hydrogen-bond donors (Lipinski definition) is 1. The summed E-state index contributed by atoms with van der Waals surface area (Å²) < 4.78 is 6.29. The van der Waals surface area contributed by atoms with Crippen LogP contribution in [0.25, 0.3) is 34.1 Å². The zero-order chi connectivity index (χ0) is 26.6. The van der Waals surface area contributed by atoms with E-state index < -0.39 is 0 Å². The second-order valence-electron chi connectivity index (χ2n) is 10.6. The molecular formula is C33H35N5O. The third kappa shape index (κ3) is 5.57. The van der Waals surface area contributed by atoms with E-state index in [1.54, 1.807) is 0 Å². The molecule has 6 heteroatoms. The van der Waals surface area contributed by atoms with Crippen LogP contribution in [-0.4, -0.2) is 39.5 Å². The fourth-order valence-electron chi connectivity index (χ4n) is 5.35. The van der Waals surface area contributed by atoms with Crippen molar-refractivity contribution in [2.75, 3.05) is 25.0 Å². The zero-order valence-electron chi connectivity index (χ0n) is 22.7. The van der Waals surface area contributed by atoms with Crippen LogP contribution in [0.5, 0.6) is 0 Å². The lowest BCUT2D eigenvalue weighted by molar-refractivity contribution is 0.170. The third-order valence-electron chi connectivity index (χ3n) is 7.59. The van der Waals surface area contributed by atoms with Gasteiger partial charge < -0.3 is 9.73 Å². The molecule has 0 saturated carbocycles. The number of nitrogens with one attached hydrogen (secondary N) is 1. The summed E-state index contributed by atoms with van der Waals surface area (Å²) in [5, 5.41) is 3.67. The molecule has 0 aliphatic carbocycles. The topological polar surface area (TPSA) is 67.1 Å². The summed E-state index contributed by atoms with van der Waals surface area (Å²) in [6, 6.07) is 29.4. The molecule has 2 aromatic heterocycles. The molecule has 1 atom stereocenters. The Balaban J connectivity index is 1.37. The van der Waals surface area contributed by atoms with Crippen LogP contribution in [0, 0.1) is 0 Å². The molecule has 0 bridgehead atoms. The molecule has 1 N–H and O–H groups in total. The molecule has 6 nitrogen and oxygen atoms in total. The van der Waals surface area contributed by atoms with Crippen molar-refractivity contribution in [2.45, 2.75) is 45.1 Å². The molecule has 1 aliphatic rings. The first-order valence-corrected chi connectivity index (χ1v) is 14.0. The Morgan fingerprint density at radius 3 is 2.05 bits per heavy atom. The maximum atomic E-state index is 6.29. The largest absolute Gasteiger partial charge is 0.430 e. The Labute approximate surface area is 230 Å². The molecule has 5 aromatic rings. The number of fused-ring (bicyclic) bond motifs is 1. The van der Waals surface area contributed by atoms with E-state index in [2.05, 4.69) is 48.3 Å². The average Bonchev–Trinajstić information content (AvgIpc) is 3.44. The average molecular weight is 518 g/mol. The predicted octanol–water partition coefficient (Wildman–Crippen LogP) is 7.71. The van der Waals surface area contributed by atoms with Gasteiger partial charge in [-0.15, -0.1) is 0 Å². The van der Waals surface area contributed by atoms with Crippen LogP contribution >= 0.6 is 0 Å². The molecule has 1 saturated heterocycles. The van der Waals surface area contributed by atoms with E-state index in [9.17, 15) is 0 Å². The lowest BCUT2D eigenvalue weighted by Crippen LogP contribution is -2.37. The Kier molecular flexibility index (Phi) is 7.37. The summed E-state index contributed by atoms with van der Waals surface area (Å²) >= 11 is 0. The lowest BCUT2D eigenvalue weighted by Gasteiger charge is -2.35. The molecule has 0 spiro atoms. The van der Waals surface area contributed by atoms with E-state index in [1.807, 2.05) is 60.7 Å². The number of nitrogens with zero attached hydrogens (tertiary/aromatic N) is 4. The number of likely N-dealkylation sites (tertiary alicyclic amines) is 1. The molecule has 0 radical (unpaired) electrons. The van der Waals surface area contributed by atoms with Gasteiger partial charge in [-0.25, -0.2) is 9.97 Å². The normalized spacial score (nSPS) is 15.1. The Bertz CT molecular complexity index is 1510. The molecule has 198 valence electrons. The van der Waals surface area contributed by atoms with Crippen molar-refractivity contribution >= 4 is 17.0 Å². The highest BCUT2D eigenvalue weighted by molar-refractivity contribution is 5.85. The SMILES string of the molecule is CC(C)c1ccc([C@H](CNc2nc(-c3ccccc3)nc3nc(-c4ccccc4)oc23)N2CCCCC2)cc1. The summed E-state index contributed by atoms with van der Waals surface area (Å²) in [5.41, 5.74) is 5.69. The first kappa shape index (κ1) is 25.3. The molecule has 3 aromatic carbocycles. The maximum Gasteiger partial charge on any atom is 0.229 e. The molecule has 0 amide bonds. The highest BCUT2D eigenvalue weighted by atomic mass is 16.3. The molecule has 1 aliphatic heterocycles. The van der Waals surface area contributed by atoms with Gasteiger partial charge in [-0.2, -0.15) is 4.98 Å². The Morgan fingerprint density at radius 1 is 0.744 bits per heavy atom. The van der Waals surface area contributed by atoms with E-state index in [0.29, 0.717) is 41.2 Å². The maximum absolute atomic E-state index is 6.29. The number of piperidine rings is 1. The molecule has 0 unspecified atom stereocenters. The van der Waals surface area contributed by atoms with Crippen LogP contribution in [0.15, 0.2) is 89.3 Å². The van der Waals surface area contributed by atoms with E-state index in [-0.39, 0.29) is 6.04 Å². The molecule has 39 heavy (non-hydrogen) atoms. The second kappa shape index (κ2) is 11.4. The Morgan fingerprint density at radius 2 is 1.38 bits per heavy atom. The minimum atomic E-state index is 0.230. The number of anilines is 1. The molecular weight excluding hydrogens is 482 g/mol. The van der Waals surface area contributed by atoms with Gasteiger partial charge in [0.1, 0.15) is 0 Å². The Hall–Kier alpha value is -4.03. The van der Waals surface area contributed by atoms with Gasteiger partial charge in [0.15, 0.2) is 11.6 Å². The van der Waals surface area contributed by atoms with E-state index in [4.69, 9.17) is 19.4 Å². The van der Waals surface area contributed by atoms with Crippen molar-refractivity contribution in [3.8, 4) is 22.8 Å². The standard InChI is InChI=1S/C33H35N5O/c1-23(2)24-16-18-25(19-17-24)28(38-20-10-5-11-21-38)22-34-31-29-32(36-30(35-31)26-12-6-3-7-13-26)37-33(39-29)27-14-8-4-9-15-27/h3-4,6-9,12-19,23,28H,5,10-11,20-22H2,1-2H3,(H,34,35,36)/t28-/m0/s1. The van der Waals surface area contributed by atoms with Crippen molar-refractivity contribution < 1.29 is 4.42 Å². The monoisotopic (exact) mass is 517 g/mol. The first-order valence-electron chi connectivity index (χ1n) is 14.0. The van der Waals surface area contributed by atoms with Crippen LogP contribution in [0.2, 0.25) is 0 Å². The van der Waals surface area contributed by atoms with Gasteiger partial charge in [0.25, 0.3) is 0 Å². The summed E-state index contributed by atoms with van der Waals surface area (Å²) in [6.07, 6.45) is 3.77. The van der Waals surface area contributed by atoms with Gasteiger partial charge in [0.2, 0.25) is 17.1 Å². The molecule has 1 fully saturated rings. The second-order valence-corrected chi connectivity index (χ2v) is 10.6. The van der Waals surface area contributed by atoms with Crippen LogP contribution in [0.3, 0.4) is 0 Å². The fraction of sp³-hybridized carbons (Fsp3) is 0.303. The highest BCUT2D eigenvalue weighted by Crippen LogP contribution is 2.32. The van der Waals surface area contributed by atoms with Gasteiger partial charge >= 0.3 is 0 Å². The van der Waals surface area contributed by atoms with E-state index >= 15 is 0 Å².